The number of hydrogen-bond acceptors (Lipinski definition) is 2. The molecule has 14 heavy (non-hydrogen) atoms. The number of hydrogen-bond donors (Lipinski definition) is 0. The van der Waals surface area contributed by atoms with E-state index in [4.69, 9.17) is 0 Å². The highest BCUT2D eigenvalue weighted by Gasteiger charge is 2.31. The highest BCUT2D eigenvalue weighted by Crippen LogP contribution is 2.38. The third-order valence-corrected chi connectivity index (χ3v) is 3.84. The van der Waals surface area contributed by atoms with Crippen LogP contribution in [0, 0.1) is 11.8 Å². The third kappa shape index (κ3) is 1.33. The molecule has 0 bridgehead atoms. The van der Waals surface area contributed by atoms with Crippen molar-refractivity contribution in [1.82, 2.24) is 9.97 Å². The van der Waals surface area contributed by atoms with Gasteiger partial charge in [0, 0.05) is 12.4 Å². The van der Waals surface area contributed by atoms with Crippen molar-refractivity contribution in [2.24, 2.45) is 11.8 Å². The quantitative estimate of drug-likeness (QED) is 0.624. The molecule has 0 unspecified atom stereocenters. The summed E-state index contributed by atoms with van der Waals surface area (Å²) in [5, 5.41) is 0. The van der Waals surface area contributed by atoms with E-state index < -0.39 is 0 Å². The maximum atomic E-state index is 4.45. The predicted octanol–water partition coefficient (Wildman–Crippen LogP) is 2.38. The van der Waals surface area contributed by atoms with E-state index in [1.165, 1.54) is 49.9 Å². The van der Waals surface area contributed by atoms with E-state index in [9.17, 15) is 0 Å². The van der Waals surface area contributed by atoms with Gasteiger partial charge in [-0.15, -0.1) is 0 Å². The molecule has 0 radical (unpaired) electrons. The average molecular weight is 188 g/mol. The van der Waals surface area contributed by atoms with Gasteiger partial charge in [0.25, 0.3) is 0 Å². The molecule has 1 fully saturated rings. The summed E-state index contributed by atoms with van der Waals surface area (Å²) in [4.78, 5) is 8.90. The Hall–Kier alpha value is -0.920. The first-order valence-electron chi connectivity index (χ1n) is 5.72. The average Bonchev–Trinajstić information content (AvgIpc) is 2.26. The van der Waals surface area contributed by atoms with Crippen LogP contribution in [0.5, 0.6) is 0 Å². The van der Waals surface area contributed by atoms with Crippen molar-refractivity contribution < 1.29 is 0 Å². The first kappa shape index (κ1) is 8.39. The molecular formula is C12H16N2. The van der Waals surface area contributed by atoms with E-state index in [2.05, 4.69) is 9.97 Å². The van der Waals surface area contributed by atoms with Gasteiger partial charge >= 0.3 is 0 Å². The van der Waals surface area contributed by atoms with Crippen molar-refractivity contribution in [3.63, 3.8) is 0 Å². The summed E-state index contributed by atoms with van der Waals surface area (Å²) in [5.41, 5.74) is 2.55. The molecule has 1 aromatic heterocycles. The lowest BCUT2D eigenvalue weighted by molar-refractivity contribution is 0.216. The summed E-state index contributed by atoms with van der Waals surface area (Å²) in [6, 6.07) is 0. The summed E-state index contributed by atoms with van der Waals surface area (Å²) in [6.45, 7) is 0. The van der Waals surface area contributed by atoms with Crippen LogP contribution in [0.3, 0.4) is 0 Å². The minimum atomic E-state index is 0.910. The Morgan fingerprint density at radius 3 is 1.86 bits per heavy atom. The van der Waals surface area contributed by atoms with E-state index in [0.717, 1.165) is 11.8 Å². The molecule has 2 nitrogen and oxygen atoms in total. The smallest absolute Gasteiger partial charge is 0.0621 e. The molecule has 0 spiro atoms. The lowest BCUT2D eigenvalue weighted by Crippen LogP contribution is -2.29. The van der Waals surface area contributed by atoms with Gasteiger partial charge in [0.05, 0.1) is 11.4 Å². The van der Waals surface area contributed by atoms with E-state index >= 15 is 0 Å². The fourth-order valence-corrected chi connectivity index (χ4v) is 3.06. The van der Waals surface area contributed by atoms with Gasteiger partial charge in [0.15, 0.2) is 0 Å². The van der Waals surface area contributed by atoms with Crippen LogP contribution in [-0.4, -0.2) is 9.97 Å². The van der Waals surface area contributed by atoms with Crippen LogP contribution in [0.2, 0.25) is 0 Å². The van der Waals surface area contributed by atoms with Crippen LogP contribution in [0.4, 0.5) is 0 Å². The topological polar surface area (TPSA) is 25.8 Å². The summed E-state index contributed by atoms with van der Waals surface area (Å²) >= 11 is 0. The standard InChI is InChI=1S/C12H16N2/c1-2-4-10-8-12-11(7-9(10)3-1)13-5-6-14-12/h5-6,9-10H,1-4,7-8H2/t9-,10-/m0/s1. The van der Waals surface area contributed by atoms with Crippen LogP contribution < -0.4 is 0 Å². The monoisotopic (exact) mass is 188 g/mol. The highest BCUT2D eigenvalue weighted by molar-refractivity contribution is 5.16. The van der Waals surface area contributed by atoms with Crippen LogP contribution in [0.15, 0.2) is 12.4 Å². The fraction of sp³-hybridized carbons (Fsp3) is 0.667. The Labute approximate surface area is 84.8 Å². The Balaban J connectivity index is 1.91. The lowest BCUT2D eigenvalue weighted by Gasteiger charge is -2.35. The van der Waals surface area contributed by atoms with Crippen LogP contribution in [-0.2, 0) is 12.8 Å². The third-order valence-electron chi connectivity index (χ3n) is 3.84. The molecule has 2 aliphatic carbocycles. The number of aromatic nitrogens is 2. The first-order chi connectivity index (χ1) is 6.93. The zero-order valence-corrected chi connectivity index (χ0v) is 8.45. The molecule has 0 aliphatic heterocycles. The lowest BCUT2D eigenvalue weighted by atomic mass is 9.71. The van der Waals surface area contributed by atoms with Gasteiger partial charge < -0.3 is 0 Å². The maximum absolute atomic E-state index is 4.45. The molecule has 0 amide bonds. The predicted molar refractivity (Wildman–Crippen MR) is 54.9 cm³/mol. The van der Waals surface area contributed by atoms with Gasteiger partial charge in [-0.05, 0) is 37.5 Å². The number of rotatable bonds is 0. The van der Waals surface area contributed by atoms with Crippen LogP contribution in [0.25, 0.3) is 0 Å². The minimum absolute atomic E-state index is 0.910. The summed E-state index contributed by atoms with van der Waals surface area (Å²) in [7, 11) is 0. The van der Waals surface area contributed by atoms with Gasteiger partial charge in [0.1, 0.15) is 0 Å². The molecule has 0 aromatic carbocycles. The zero-order chi connectivity index (χ0) is 9.38. The Kier molecular flexibility index (Phi) is 2.00. The van der Waals surface area contributed by atoms with Gasteiger partial charge in [-0.2, -0.15) is 0 Å². The molecule has 1 aromatic rings. The molecule has 0 N–H and O–H groups in total. The Morgan fingerprint density at radius 2 is 1.36 bits per heavy atom. The summed E-state index contributed by atoms with van der Waals surface area (Å²) in [6.07, 6.45) is 11.7. The largest absolute Gasteiger partial charge is 0.258 e. The summed E-state index contributed by atoms with van der Waals surface area (Å²) in [5.74, 6) is 1.82. The van der Waals surface area contributed by atoms with Crippen molar-refractivity contribution in [3.05, 3.63) is 23.8 Å². The molecule has 74 valence electrons. The molecule has 2 heteroatoms. The van der Waals surface area contributed by atoms with E-state index in [1.807, 2.05) is 12.4 Å². The van der Waals surface area contributed by atoms with Crippen molar-refractivity contribution in [2.45, 2.75) is 38.5 Å². The van der Waals surface area contributed by atoms with Crippen LogP contribution >= 0.6 is 0 Å². The maximum Gasteiger partial charge on any atom is 0.0621 e. The van der Waals surface area contributed by atoms with Crippen molar-refractivity contribution in [2.75, 3.05) is 0 Å². The highest BCUT2D eigenvalue weighted by atomic mass is 14.8. The van der Waals surface area contributed by atoms with E-state index in [1.54, 1.807) is 0 Å². The van der Waals surface area contributed by atoms with E-state index in [0.29, 0.717) is 0 Å². The second-order valence-electron chi connectivity index (χ2n) is 4.66. The molecule has 2 aliphatic rings. The fourth-order valence-electron chi connectivity index (χ4n) is 3.06. The first-order valence-corrected chi connectivity index (χ1v) is 5.72. The zero-order valence-electron chi connectivity index (χ0n) is 8.45. The number of fused-ring (bicyclic) bond motifs is 2. The molecular weight excluding hydrogens is 172 g/mol. The van der Waals surface area contributed by atoms with Gasteiger partial charge in [0.2, 0.25) is 0 Å². The number of nitrogens with zero attached hydrogens (tertiary/aromatic N) is 2. The Bertz CT molecular complexity index is 302. The SMILES string of the molecule is c1cnc2c(n1)C[C@@H]1CCCC[C@H]1C2. The van der Waals surface area contributed by atoms with Crippen molar-refractivity contribution in [1.29, 1.82) is 0 Å². The molecule has 2 atom stereocenters. The summed E-state index contributed by atoms with van der Waals surface area (Å²) < 4.78 is 0. The normalized spacial score (nSPS) is 30.6. The molecule has 1 saturated carbocycles. The van der Waals surface area contributed by atoms with E-state index in [-0.39, 0.29) is 0 Å². The second-order valence-corrected chi connectivity index (χ2v) is 4.66. The molecule has 3 rings (SSSR count). The van der Waals surface area contributed by atoms with Gasteiger partial charge in [-0.1, -0.05) is 12.8 Å². The van der Waals surface area contributed by atoms with Gasteiger partial charge in [-0.3, -0.25) is 9.97 Å². The minimum Gasteiger partial charge on any atom is -0.258 e. The van der Waals surface area contributed by atoms with Crippen LogP contribution in [0.1, 0.15) is 37.1 Å². The molecule has 1 heterocycles. The Morgan fingerprint density at radius 1 is 0.857 bits per heavy atom. The van der Waals surface area contributed by atoms with Crippen molar-refractivity contribution >= 4 is 0 Å². The van der Waals surface area contributed by atoms with Gasteiger partial charge in [-0.25, -0.2) is 0 Å². The van der Waals surface area contributed by atoms with Crippen molar-refractivity contribution in [3.8, 4) is 0 Å². The second kappa shape index (κ2) is 3.34. The molecule has 0 saturated heterocycles.